The van der Waals surface area contributed by atoms with Crippen LogP contribution in [0.5, 0.6) is 0 Å². The Morgan fingerprint density at radius 3 is 2.60 bits per heavy atom. The summed E-state index contributed by atoms with van der Waals surface area (Å²) in [7, 11) is 1.69. The zero-order chi connectivity index (χ0) is 18.8. The molecule has 2 atom stereocenters. The summed E-state index contributed by atoms with van der Waals surface area (Å²) in [5.41, 5.74) is 0.969. The van der Waals surface area contributed by atoms with E-state index in [0.29, 0.717) is 16.9 Å². The Morgan fingerprint density at radius 1 is 1.36 bits per heavy atom. The summed E-state index contributed by atoms with van der Waals surface area (Å²) in [6, 6.07) is 1.24. The molecule has 0 aromatic carbocycles. The number of nitrogens with one attached hydrogen (secondary N) is 2. The largest absolute Gasteiger partial charge is 0.462 e. The number of methoxy groups -OCH3 is 1. The highest BCUT2D eigenvalue weighted by Crippen LogP contribution is 2.51. The van der Waals surface area contributed by atoms with Crippen LogP contribution in [-0.4, -0.2) is 42.3 Å². The molecule has 1 aromatic heterocycles. The van der Waals surface area contributed by atoms with Crippen LogP contribution >= 0.6 is 0 Å². The highest BCUT2D eigenvalue weighted by molar-refractivity contribution is 5.94. The Hall–Kier alpha value is -2.15. The third kappa shape index (κ3) is 3.61. The normalized spacial score (nSPS) is 24.2. The third-order valence-corrected chi connectivity index (χ3v) is 5.43. The summed E-state index contributed by atoms with van der Waals surface area (Å²) in [4.78, 5) is 28.3. The Morgan fingerprint density at radius 2 is 2.04 bits per heavy atom. The first-order chi connectivity index (χ1) is 11.6. The number of ether oxygens (including phenoxy) is 2. The van der Waals surface area contributed by atoms with Gasteiger partial charge in [0.15, 0.2) is 0 Å². The lowest BCUT2D eigenvalue weighted by Gasteiger charge is -2.59. The lowest BCUT2D eigenvalue weighted by Crippen LogP contribution is -2.68. The van der Waals surface area contributed by atoms with Crippen LogP contribution in [0.2, 0.25) is 0 Å². The van der Waals surface area contributed by atoms with E-state index in [1.807, 2.05) is 6.92 Å². The SMILES string of the molecule is CCOC(=O)c1cnc(C)c(NC(=O)NC2CC(C)(OC)C2(C)C)c1. The number of carbonyl (C=O) groups excluding carboxylic acids is 2. The van der Waals surface area contributed by atoms with E-state index in [1.54, 1.807) is 27.0 Å². The molecule has 1 fully saturated rings. The molecular formula is C18H27N3O4. The van der Waals surface area contributed by atoms with E-state index in [4.69, 9.17) is 9.47 Å². The van der Waals surface area contributed by atoms with E-state index in [1.165, 1.54) is 6.20 Å². The van der Waals surface area contributed by atoms with Crippen LogP contribution in [0, 0.1) is 12.3 Å². The number of urea groups is 1. The minimum Gasteiger partial charge on any atom is -0.462 e. The maximum atomic E-state index is 12.4. The molecule has 0 radical (unpaired) electrons. The Bertz CT molecular complexity index is 674. The van der Waals surface area contributed by atoms with Gasteiger partial charge in [-0.2, -0.15) is 0 Å². The van der Waals surface area contributed by atoms with Gasteiger partial charge >= 0.3 is 12.0 Å². The summed E-state index contributed by atoms with van der Waals surface area (Å²) in [6.07, 6.45) is 2.18. The third-order valence-electron chi connectivity index (χ3n) is 5.43. The predicted octanol–water partition coefficient (Wildman–Crippen LogP) is 2.89. The van der Waals surface area contributed by atoms with Crippen molar-refractivity contribution in [2.45, 2.75) is 52.7 Å². The summed E-state index contributed by atoms with van der Waals surface area (Å²) in [5, 5.41) is 5.74. The molecule has 0 saturated heterocycles. The van der Waals surface area contributed by atoms with Gasteiger partial charge in [0.1, 0.15) is 0 Å². The molecule has 1 saturated carbocycles. The number of esters is 1. The summed E-state index contributed by atoms with van der Waals surface area (Å²) in [6.45, 7) is 9.96. The molecule has 2 amide bonds. The highest BCUT2D eigenvalue weighted by atomic mass is 16.5. The average molecular weight is 349 g/mol. The van der Waals surface area contributed by atoms with Crippen molar-refractivity contribution in [1.82, 2.24) is 10.3 Å². The van der Waals surface area contributed by atoms with E-state index in [-0.39, 0.29) is 29.7 Å². The van der Waals surface area contributed by atoms with E-state index in [0.717, 1.165) is 6.42 Å². The number of aryl methyl sites for hydroxylation is 1. The molecule has 2 N–H and O–H groups in total. The monoisotopic (exact) mass is 349 g/mol. The maximum Gasteiger partial charge on any atom is 0.339 e. The number of pyridine rings is 1. The van der Waals surface area contributed by atoms with E-state index >= 15 is 0 Å². The maximum absolute atomic E-state index is 12.4. The molecule has 0 aliphatic heterocycles. The van der Waals surface area contributed by atoms with Gasteiger partial charge in [-0.05, 0) is 33.3 Å². The smallest absolute Gasteiger partial charge is 0.339 e. The first kappa shape index (κ1) is 19.2. The fourth-order valence-corrected chi connectivity index (χ4v) is 3.03. The Balaban J connectivity index is 2.04. The second kappa shape index (κ2) is 7.00. The van der Waals surface area contributed by atoms with Crippen molar-refractivity contribution in [3.8, 4) is 0 Å². The topological polar surface area (TPSA) is 89.5 Å². The predicted molar refractivity (Wildman–Crippen MR) is 94.7 cm³/mol. The van der Waals surface area contributed by atoms with Crippen LogP contribution in [0.15, 0.2) is 12.3 Å². The molecule has 0 spiro atoms. The standard InChI is InChI=1S/C18H27N3O4/c1-7-25-15(22)12-8-13(11(2)19-10-12)20-16(23)21-14-9-18(5,24-6)17(14,3)4/h8,10,14H,7,9H2,1-6H3,(H2,20,21,23). The van der Waals surface area contributed by atoms with E-state index < -0.39 is 5.97 Å². The summed E-state index contributed by atoms with van der Waals surface area (Å²) < 4.78 is 10.5. The van der Waals surface area contributed by atoms with Crippen molar-refractivity contribution in [1.29, 1.82) is 0 Å². The molecule has 138 valence electrons. The average Bonchev–Trinajstić information content (AvgIpc) is 2.56. The van der Waals surface area contributed by atoms with Gasteiger partial charge in [0.25, 0.3) is 0 Å². The minimum absolute atomic E-state index is 0.000968. The summed E-state index contributed by atoms with van der Waals surface area (Å²) >= 11 is 0. The van der Waals surface area contributed by atoms with Crippen LogP contribution in [0.4, 0.5) is 10.5 Å². The quantitative estimate of drug-likeness (QED) is 0.798. The van der Waals surface area contributed by atoms with Crippen molar-refractivity contribution in [3.05, 3.63) is 23.5 Å². The number of carbonyl (C=O) groups is 2. The van der Waals surface area contributed by atoms with Gasteiger partial charge < -0.3 is 20.1 Å². The van der Waals surface area contributed by atoms with Crippen molar-refractivity contribution >= 4 is 17.7 Å². The molecule has 25 heavy (non-hydrogen) atoms. The molecule has 2 unspecified atom stereocenters. The Kier molecular flexibility index (Phi) is 5.37. The first-order valence-electron chi connectivity index (χ1n) is 8.41. The van der Waals surface area contributed by atoms with Gasteiger partial charge in [-0.1, -0.05) is 13.8 Å². The van der Waals surface area contributed by atoms with Gasteiger partial charge in [0.2, 0.25) is 0 Å². The fourth-order valence-electron chi connectivity index (χ4n) is 3.03. The molecule has 7 heteroatoms. The highest BCUT2D eigenvalue weighted by Gasteiger charge is 2.58. The van der Waals surface area contributed by atoms with Crippen LogP contribution in [0.1, 0.15) is 50.2 Å². The number of anilines is 1. The molecular weight excluding hydrogens is 322 g/mol. The van der Waals surface area contributed by atoms with Gasteiger partial charge in [0.05, 0.1) is 29.2 Å². The zero-order valence-corrected chi connectivity index (χ0v) is 15.7. The van der Waals surface area contributed by atoms with Crippen LogP contribution in [-0.2, 0) is 9.47 Å². The molecule has 1 aliphatic carbocycles. The fraction of sp³-hybridized carbons (Fsp3) is 0.611. The lowest BCUT2D eigenvalue weighted by molar-refractivity contribution is -0.177. The number of hydrogen-bond donors (Lipinski definition) is 2. The van der Waals surface area contributed by atoms with E-state index in [9.17, 15) is 9.59 Å². The zero-order valence-electron chi connectivity index (χ0n) is 15.7. The van der Waals surface area contributed by atoms with Crippen LogP contribution in [0.3, 0.4) is 0 Å². The van der Waals surface area contributed by atoms with Gasteiger partial charge in [-0.15, -0.1) is 0 Å². The van der Waals surface area contributed by atoms with Gasteiger partial charge in [0, 0.05) is 24.8 Å². The lowest BCUT2D eigenvalue weighted by atomic mass is 9.56. The van der Waals surface area contributed by atoms with Crippen molar-refractivity contribution in [2.24, 2.45) is 5.41 Å². The van der Waals surface area contributed by atoms with Gasteiger partial charge in [-0.3, -0.25) is 4.98 Å². The number of aromatic nitrogens is 1. The molecule has 2 rings (SSSR count). The van der Waals surface area contributed by atoms with Crippen molar-refractivity contribution in [3.63, 3.8) is 0 Å². The Labute approximate surface area is 148 Å². The second-order valence-corrected chi connectivity index (χ2v) is 7.09. The number of amides is 2. The van der Waals surface area contributed by atoms with E-state index in [2.05, 4.69) is 29.5 Å². The molecule has 1 aromatic rings. The van der Waals surface area contributed by atoms with Crippen molar-refractivity contribution in [2.75, 3.05) is 19.0 Å². The second-order valence-electron chi connectivity index (χ2n) is 7.09. The van der Waals surface area contributed by atoms with Crippen LogP contribution < -0.4 is 10.6 Å². The number of rotatable bonds is 5. The minimum atomic E-state index is -0.463. The number of hydrogen-bond acceptors (Lipinski definition) is 5. The molecule has 0 bridgehead atoms. The number of nitrogens with zero attached hydrogens (tertiary/aromatic N) is 1. The molecule has 7 nitrogen and oxygen atoms in total. The first-order valence-corrected chi connectivity index (χ1v) is 8.41. The van der Waals surface area contributed by atoms with Gasteiger partial charge in [-0.25, -0.2) is 9.59 Å². The van der Waals surface area contributed by atoms with Crippen LogP contribution in [0.25, 0.3) is 0 Å². The van der Waals surface area contributed by atoms with Crippen molar-refractivity contribution < 1.29 is 19.1 Å². The molecule has 1 heterocycles. The summed E-state index contributed by atoms with van der Waals surface area (Å²) in [5.74, 6) is -0.463. The molecule has 1 aliphatic rings.